The van der Waals surface area contributed by atoms with Crippen LogP contribution in [0.2, 0.25) is 0 Å². The highest BCUT2D eigenvalue weighted by atomic mass is 32.1. The quantitative estimate of drug-likeness (QED) is 0.215. The Labute approximate surface area is 239 Å². The van der Waals surface area contributed by atoms with E-state index in [2.05, 4.69) is 130 Å². The van der Waals surface area contributed by atoms with E-state index in [0.29, 0.717) is 0 Å². The molecule has 3 nitrogen and oxygen atoms in total. The predicted octanol–water partition coefficient (Wildman–Crippen LogP) is 10.1. The molecule has 41 heavy (non-hydrogen) atoms. The lowest BCUT2D eigenvalue weighted by atomic mass is 10.1. The molecule has 3 heterocycles. The molecule has 0 bridgehead atoms. The Morgan fingerprint density at radius 3 is 1.61 bits per heavy atom. The minimum absolute atomic E-state index is 0.736. The van der Waals surface area contributed by atoms with Gasteiger partial charge in [0.05, 0.1) is 32.3 Å². The first-order valence-corrected chi connectivity index (χ1v) is 14.5. The van der Waals surface area contributed by atoms with Gasteiger partial charge in [-0.25, -0.2) is 0 Å². The van der Waals surface area contributed by atoms with E-state index in [1.165, 1.54) is 53.7 Å². The van der Waals surface area contributed by atoms with Crippen molar-refractivity contribution in [1.82, 2.24) is 9.13 Å². The lowest BCUT2D eigenvalue weighted by Gasteiger charge is -2.10. The van der Waals surface area contributed by atoms with Crippen molar-refractivity contribution in [3.8, 4) is 17.4 Å². The zero-order chi connectivity index (χ0) is 27.1. The van der Waals surface area contributed by atoms with E-state index in [1.807, 2.05) is 12.1 Å². The largest absolute Gasteiger partial charge is 0.309 e. The van der Waals surface area contributed by atoms with Gasteiger partial charge in [-0.2, -0.15) is 5.26 Å². The van der Waals surface area contributed by atoms with Crippen LogP contribution in [0.5, 0.6) is 0 Å². The molecule has 0 saturated heterocycles. The number of para-hydroxylation sites is 3. The molecule has 0 fully saturated rings. The van der Waals surface area contributed by atoms with Crippen molar-refractivity contribution in [1.29, 1.82) is 5.26 Å². The van der Waals surface area contributed by atoms with Crippen molar-refractivity contribution < 1.29 is 0 Å². The SMILES string of the molecule is N#Cc1cccc2c1sc1ccc(-n3c4ccccc4c4cc(-n5c6ccccc6c6ccccc65)ccc43)cc12. The van der Waals surface area contributed by atoms with E-state index >= 15 is 0 Å². The fourth-order valence-electron chi connectivity index (χ4n) is 6.59. The topological polar surface area (TPSA) is 33.6 Å². The third kappa shape index (κ3) is 3.07. The fraction of sp³-hybridized carbons (Fsp3) is 0. The molecular formula is C37H21N3S. The van der Waals surface area contributed by atoms with Crippen LogP contribution in [0.15, 0.2) is 127 Å². The van der Waals surface area contributed by atoms with Crippen molar-refractivity contribution in [2.24, 2.45) is 0 Å². The monoisotopic (exact) mass is 539 g/mol. The molecule has 3 aromatic heterocycles. The number of nitrogens with zero attached hydrogens (tertiary/aromatic N) is 3. The van der Waals surface area contributed by atoms with Crippen LogP contribution in [0.1, 0.15) is 5.56 Å². The second kappa shape index (κ2) is 8.32. The molecule has 190 valence electrons. The van der Waals surface area contributed by atoms with Gasteiger partial charge >= 0.3 is 0 Å². The smallest absolute Gasteiger partial charge is 0.101 e. The fourth-order valence-corrected chi connectivity index (χ4v) is 7.74. The number of rotatable bonds is 2. The molecular weight excluding hydrogens is 518 g/mol. The molecule has 0 atom stereocenters. The lowest BCUT2D eigenvalue weighted by molar-refractivity contribution is 1.17. The predicted molar refractivity (Wildman–Crippen MR) is 173 cm³/mol. The summed E-state index contributed by atoms with van der Waals surface area (Å²) in [6.07, 6.45) is 0. The molecule has 0 N–H and O–H groups in total. The van der Waals surface area contributed by atoms with Crippen molar-refractivity contribution in [2.45, 2.75) is 0 Å². The van der Waals surface area contributed by atoms with Crippen LogP contribution >= 0.6 is 11.3 Å². The zero-order valence-corrected chi connectivity index (χ0v) is 22.7. The summed E-state index contributed by atoms with van der Waals surface area (Å²) in [5.41, 5.74) is 7.79. The number of thiophene rings is 1. The third-order valence-corrected chi connectivity index (χ3v) is 9.57. The van der Waals surface area contributed by atoms with Gasteiger partial charge in [-0.1, -0.05) is 66.7 Å². The molecule has 4 heteroatoms. The van der Waals surface area contributed by atoms with Gasteiger partial charge < -0.3 is 9.13 Å². The average molecular weight is 540 g/mol. The Morgan fingerprint density at radius 1 is 0.463 bits per heavy atom. The number of fused-ring (bicyclic) bond motifs is 9. The Kier molecular flexibility index (Phi) is 4.55. The molecule has 0 spiro atoms. The first-order chi connectivity index (χ1) is 20.3. The molecule has 0 aliphatic carbocycles. The summed E-state index contributed by atoms with van der Waals surface area (Å²) in [6.45, 7) is 0. The van der Waals surface area contributed by atoms with Crippen molar-refractivity contribution >= 4 is 75.1 Å². The van der Waals surface area contributed by atoms with E-state index in [0.717, 1.165) is 27.0 Å². The molecule has 0 radical (unpaired) electrons. The molecule has 0 unspecified atom stereocenters. The van der Waals surface area contributed by atoms with Crippen LogP contribution in [0.25, 0.3) is 75.2 Å². The first-order valence-electron chi connectivity index (χ1n) is 13.7. The number of hydrogen-bond acceptors (Lipinski definition) is 2. The standard InChI is InChI=1S/C37H21N3S/c38-22-23-8-7-12-29-31-21-25(17-19-36(31)41-37(23)29)40-34-15-6-3-11-28(34)30-20-24(16-18-35(30)40)39-32-13-4-1-9-26(32)27-10-2-5-14-33(27)39/h1-21H. The summed E-state index contributed by atoms with van der Waals surface area (Å²) in [7, 11) is 0. The van der Waals surface area contributed by atoms with Crippen LogP contribution in [-0.2, 0) is 0 Å². The van der Waals surface area contributed by atoms with E-state index in [4.69, 9.17) is 0 Å². The normalized spacial score (nSPS) is 11.9. The van der Waals surface area contributed by atoms with Crippen molar-refractivity contribution in [2.75, 3.05) is 0 Å². The van der Waals surface area contributed by atoms with Gasteiger partial charge in [0.15, 0.2) is 0 Å². The molecule has 0 aliphatic rings. The molecule has 0 saturated carbocycles. The molecule has 9 rings (SSSR count). The third-order valence-electron chi connectivity index (χ3n) is 8.35. The number of aromatic nitrogens is 2. The van der Waals surface area contributed by atoms with Crippen LogP contribution in [0.4, 0.5) is 0 Å². The van der Waals surface area contributed by atoms with Gasteiger partial charge in [-0.3, -0.25) is 0 Å². The van der Waals surface area contributed by atoms with E-state index in [-0.39, 0.29) is 0 Å². The van der Waals surface area contributed by atoms with Crippen LogP contribution < -0.4 is 0 Å². The number of nitriles is 1. The van der Waals surface area contributed by atoms with Gasteiger partial charge in [0, 0.05) is 48.4 Å². The molecule has 9 aromatic rings. The van der Waals surface area contributed by atoms with Gasteiger partial charge in [0.25, 0.3) is 0 Å². The minimum Gasteiger partial charge on any atom is -0.309 e. The second-order valence-corrected chi connectivity index (χ2v) is 11.6. The van der Waals surface area contributed by atoms with E-state index < -0.39 is 0 Å². The summed E-state index contributed by atoms with van der Waals surface area (Å²) in [5, 5.41) is 17.0. The summed E-state index contributed by atoms with van der Waals surface area (Å²) in [4.78, 5) is 0. The molecule has 0 aliphatic heterocycles. The van der Waals surface area contributed by atoms with Crippen LogP contribution in [-0.4, -0.2) is 9.13 Å². The first kappa shape index (κ1) is 22.4. The summed E-state index contributed by atoms with van der Waals surface area (Å²) >= 11 is 1.69. The zero-order valence-electron chi connectivity index (χ0n) is 21.9. The average Bonchev–Trinajstić information content (AvgIpc) is 3.68. The number of benzene rings is 6. The van der Waals surface area contributed by atoms with Gasteiger partial charge in [0.2, 0.25) is 0 Å². The summed E-state index contributed by atoms with van der Waals surface area (Å²) in [5.74, 6) is 0. The van der Waals surface area contributed by atoms with E-state index in [9.17, 15) is 5.26 Å². The summed E-state index contributed by atoms with van der Waals surface area (Å²) in [6, 6.07) is 47.9. The summed E-state index contributed by atoms with van der Waals surface area (Å²) < 4.78 is 7.00. The highest BCUT2D eigenvalue weighted by Gasteiger charge is 2.17. The highest BCUT2D eigenvalue weighted by Crippen LogP contribution is 2.40. The second-order valence-electron chi connectivity index (χ2n) is 10.5. The lowest BCUT2D eigenvalue weighted by Crippen LogP contribution is -1.95. The van der Waals surface area contributed by atoms with Gasteiger partial charge in [-0.05, 0) is 60.7 Å². The van der Waals surface area contributed by atoms with Crippen LogP contribution in [0, 0.1) is 11.3 Å². The van der Waals surface area contributed by atoms with Gasteiger partial charge in [-0.15, -0.1) is 11.3 Å². The van der Waals surface area contributed by atoms with E-state index in [1.54, 1.807) is 11.3 Å². The highest BCUT2D eigenvalue weighted by molar-refractivity contribution is 7.26. The Balaban J connectivity index is 1.33. The molecule has 6 aromatic carbocycles. The van der Waals surface area contributed by atoms with Crippen molar-refractivity contribution in [3.63, 3.8) is 0 Å². The number of hydrogen-bond donors (Lipinski definition) is 0. The van der Waals surface area contributed by atoms with Gasteiger partial charge in [0.1, 0.15) is 6.07 Å². The maximum absolute atomic E-state index is 9.66. The van der Waals surface area contributed by atoms with Crippen molar-refractivity contribution in [3.05, 3.63) is 133 Å². The Hall–Kier alpha value is -5.37. The minimum atomic E-state index is 0.736. The maximum Gasteiger partial charge on any atom is 0.101 e. The van der Waals surface area contributed by atoms with Crippen LogP contribution in [0.3, 0.4) is 0 Å². The Bertz CT molecular complexity index is 2500. The maximum atomic E-state index is 9.66. The Morgan fingerprint density at radius 2 is 0.976 bits per heavy atom. The molecule has 0 amide bonds.